The molecule has 0 aliphatic heterocycles. The van der Waals surface area contributed by atoms with Crippen LogP contribution in [0.5, 0.6) is 0 Å². The van der Waals surface area contributed by atoms with Gasteiger partial charge in [0.1, 0.15) is 12.1 Å². The van der Waals surface area contributed by atoms with Crippen LogP contribution < -0.4 is 5.32 Å². The molecule has 0 spiro atoms. The van der Waals surface area contributed by atoms with E-state index in [1.165, 1.54) is 7.11 Å². The largest absolute Gasteiger partial charge is 0.461 e. The molecule has 0 aliphatic rings. The molecule has 1 amide bonds. The van der Waals surface area contributed by atoms with E-state index in [0.717, 1.165) is 16.5 Å². The number of aromatic nitrogens is 1. The van der Waals surface area contributed by atoms with Crippen LogP contribution in [0.25, 0.3) is 10.9 Å². The van der Waals surface area contributed by atoms with Crippen LogP contribution in [0, 0.1) is 5.41 Å². The number of ketones is 1. The van der Waals surface area contributed by atoms with Gasteiger partial charge in [-0.3, -0.25) is 9.59 Å². The topological polar surface area (TPSA) is 121 Å². The van der Waals surface area contributed by atoms with Crippen molar-refractivity contribution in [2.75, 3.05) is 7.11 Å². The van der Waals surface area contributed by atoms with Crippen LogP contribution >= 0.6 is 11.6 Å². The van der Waals surface area contributed by atoms with Crippen LogP contribution in [0.4, 0.5) is 0 Å². The Morgan fingerprint density at radius 1 is 1.30 bits per heavy atom. The Hall–Kier alpha value is -2.71. The third kappa shape index (κ3) is 6.40. The van der Waals surface area contributed by atoms with E-state index in [4.69, 9.17) is 26.5 Å². The number of hydrogen-bond donors (Lipinski definition) is 3. The summed E-state index contributed by atoms with van der Waals surface area (Å²) in [6, 6.07) is 4.41. The summed E-state index contributed by atoms with van der Waals surface area (Å²) in [6.45, 7) is 3.39. The fraction of sp³-hybridized carbons (Fsp3) is 0.429. The minimum atomic E-state index is -1.01. The second-order valence-corrected chi connectivity index (χ2v) is 7.56. The number of halogens is 1. The van der Waals surface area contributed by atoms with Gasteiger partial charge in [0.15, 0.2) is 5.78 Å². The van der Waals surface area contributed by atoms with Gasteiger partial charge in [0.05, 0.1) is 12.3 Å². The van der Waals surface area contributed by atoms with E-state index in [9.17, 15) is 14.4 Å². The first-order valence-electron chi connectivity index (χ1n) is 9.57. The van der Waals surface area contributed by atoms with Gasteiger partial charge in [-0.1, -0.05) is 17.7 Å². The molecule has 0 bridgehead atoms. The van der Waals surface area contributed by atoms with Gasteiger partial charge in [-0.2, -0.15) is 0 Å². The fourth-order valence-corrected chi connectivity index (χ4v) is 3.17. The molecular weight excluding hydrogens is 410 g/mol. The summed E-state index contributed by atoms with van der Waals surface area (Å²) >= 11 is 6.01. The molecule has 0 saturated carbocycles. The predicted octanol–water partition coefficient (Wildman–Crippen LogP) is 2.81. The monoisotopic (exact) mass is 435 g/mol. The van der Waals surface area contributed by atoms with Crippen LogP contribution in [-0.2, 0) is 30.3 Å². The second-order valence-electron chi connectivity index (χ2n) is 7.13. The van der Waals surface area contributed by atoms with Crippen molar-refractivity contribution in [1.29, 1.82) is 5.41 Å². The Kier molecular flexibility index (Phi) is 8.56. The van der Waals surface area contributed by atoms with E-state index >= 15 is 0 Å². The first-order chi connectivity index (χ1) is 14.2. The van der Waals surface area contributed by atoms with Crippen molar-refractivity contribution >= 4 is 46.4 Å². The number of carbonyl (C=O) groups excluding carboxylic acids is 3. The number of fused-ring (bicyclic) bond motifs is 1. The highest BCUT2D eigenvalue weighted by atomic mass is 35.5. The number of esters is 1. The molecule has 0 aliphatic carbocycles. The molecule has 2 rings (SSSR count). The maximum atomic E-state index is 12.8. The zero-order chi connectivity index (χ0) is 22.3. The lowest BCUT2D eigenvalue weighted by molar-refractivity contribution is -0.152. The normalized spacial score (nSPS) is 13.1. The summed E-state index contributed by atoms with van der Waals surface area (Å²) < 4.78 is 10.5. The number of benzene rings is 1. The summed E-state index contributed by atoms with van der Waals surface area (Å²) in [6.07, 6.45) is 1.51. The number of H-pyrrole nitrogens is 1. The minimum Gasteiger partial charge on any atom is -0.461 e. The van der Waals surface area contributed by atoms with Crippen LogP contribution in [0.15, 0.2) is 24.4 Å². The lowest BCUT2D eigenvalue weighted by Crippen LogP contribution is -2.48. The van der Waals surface area contributed by atoms with Gasteiger partial charge in [-0.15, -0.1) is 0 Å². The van der Waals surface area contributed by atoms with Crippen molar-refractivity contribution in [3.05, 3.63) is 35.0 Å². The molecule has 9 heteroatoms. The standard InChI is InChI=1S/C21H26ClN3O5/c1-12(2)30-21(28)17(7-5-15(26)10-23)25-20(27)19(29-3)8-13-11-24-18-9-14(22)4-6-16(13)18/h4,6,9-12,17,19,23-24H,5,7-8H2,1-3H3,(H,25,27)/t17-,19-/m0/s1. The zero-order valence-corrected chi connectivity index (χ0v) is 17.9. The molecule has 0 saturated heterocycles. The highest BCUT2D eigenvalue weighted by Gasteiger charge is 2.28. The highest BCUT2D eigenvalue weighted by molar-refractivity contribution is 6.31. The number of nitrogens with one attached hydrogen (secondary N) is 3. The van der Waals surface area contributed by atoms with Gasteiger partial charge < -0.3 is 25.2 Å². The van der Waals surface area contributed by atoms with Crippen molar-refractivity contribution < 1.29 is 23.9 Å². The number of ether oxygens (including phenoxy) is 2. The van der Waals surface area contributed by atoms with E-state index in [-0.39, 0.29) is 25.4 Å². The Balaban J connectivity index is 2.12. The van der Waals surface area contributed by atoms with Crippen molar-refractivity contribution in [3.8, 4) is 0 Å². The highest BCUT2D eigenvalue weighted by Crippen LogP contribution is 2.23. The van der Waals surface area contributed by atoms with Crippen molar-refractivity contribution in [2.24, 2.45) is 0 Å². The number of hydrogen-bond acceptors (Lipinski definition) is 6. The molecule has 0 unspecified atom stereocenters. The quantitative estimate of drug-likeness (QED) is 0.370. The van der Waals surface area contributed by atoms with Crippen LogP contribution in [0.1, 0.15) is 32.3 Å². The predicted molar refractivity (Wildman–Crippen MR) is 114 cm³/mol. The third-order valence-electron chi connectivity index (χ3n) is 4.50. The minimum absolute atomic E-state index is 0.0352. The SMILES string of the molecule is CO[C@@H](Cc1c[nH]c2cc(Cl)ccc12)C(=O)N[C@@H](CCC(=O)C=N)C(=O)OC(C)C. The molecule has 0 fully saturated rings. The summed E-state index contributed by atoms with van der Waals surface area (Å²) in [5.74, 6) is -1.56. The third-order valence-corrected chi connectivity index (χ3v) is 4.74. The van der Waals surface area contributed by atoms with Crippen LogP contribution in [0.2, 0.25) is 5.02 Å². The molecule has 162 valence electrons. The van der Waals surface area contributed by atoms with Gasteiger partial charge in [-0.25, -0.2) is 4.79 Å². The van der Waals surface area contributed by atoms with Crippen LogP contribution in [0.3, 0.4) is 0 Å². The molecule has 2 aromatic rings. The van der Waals surface area contributed by atoms with E-state index in [1.807, 2.05) is 6.07 Å². The van der Waals surface area contributed by atoms with Crippen molar-refractivity contribution in [3.63, 3.8) is 0 Å². The molecule has 2 atom stereocenters. The van der Waals surface area contributed by atoms with Gasteiger partial charge in [0, 0.05) is 42.1 Å². The molecule has 1 aromatic carbocycles. The average Bonchev–Trinajstić information content (AvgIpc) is 3.09. The maximum absolute atomic E-state index is 12.8. The zero-order valence-electron chi connectivity index (χ0n) is 17.2. The smallest absolute Gasteiger partial charge is 0.328 e. The number of Topliss-reactive ketones (excluding diaryl/α,β-unsaturated/α-hetero) is 1. The van der Waals surface area contributed by atoms with Crippen molar-refractivity contribution in [2.45, 2.75) is 51.4 Å². The second kappa shape index (κ2) is 10.9. The molecular formula is C21H26ClN3O5. The lowest BCUT2D eigenvalue weighted by atomic mass is 10.0. The van der Waals surface area contributed by atoms with Gasteiger partial charge in [0.25, 0.3) is 0 Å². The number of methoxy groups -OCH3 is 1. The average molecular weight is 436 g/mol. The molecule has 1 heterocycles. The molecule has 8 nitrogen and oxygen atoms in total. The maximum Gasteiger partial charge on any atom is 0.328 e. The number of rotatable bonds is 11. The van der Waals surface area contributed by atoms with E-state index in [1.54, 1.807) is 32.2 Å². The molecule has 0 radical (unpaired) electrons. The Labute approximate surface area is 179 Å². The molecule has 1 aromatic heterocycles. The molecule has 30 heavy (non-hydrogen) atoms. The van der Waals surface area contributed by atoms with Crippen molar-refractivity contribution in [1.82, 2.24) is 10.3 Å². The number of carbonyl (C=O) groups is 3. The summed E-state index contributed by atoms with van der Waals surface area (Å²) in [7, 11) is 1.41. The van der Waals surface area contributed by atoms with Crippen LogP contribution in [-0.4, -0.2) is 54.2 Å². The summed E-state index contributed by atoms with van der Waals surface area (Å²) in [4.78, 5) is 39.7. The number of aromatic amines is 1. The fourth-order valence-electron chi connectivity index (χ4n) is 3.00. The van der Waals surface area contributed by atoms with Gasteiger partial charge >= 0.3 is 5.97 Å². The Bertz CT molecular complexity index is 925. The molecule has 3 N–H and O–H groups in total. The summed E-state index contributed by atoms with van der Waals surface area (Å²) in [5.41, 5.74) is 1.71. The van der Waals surface area contributed by atoms with E-state index in [2.05, 4.69) is 10.3 Å². The van der Waals surface area contributed by atoms with Gasteiger partial charge in [0.2, 0.25) is 5.91 Å². The van der Waals surface area contributed by atoms with Gasteiger partial charge in [-0.05, 0) is 38.0 Å². The Morgan fingerprint density at radius 2 is 2.03 bits per heavy atom. The van der Waals surface area contributed by atoms with E-state index < -0.39 is 29.8 Å². The Morgan fingerprint density at radius 3 is 2.67 bits per heavy atom. The number of amides is 1. The first-order valence-corrected chi connectivity index (χ1v) is 9.95. The lowest BCUT2D eigenvalue weighted by Gasteiger charge is -2.22. The first kappa shape index (κ1) is 23.6. The summed E-state index contributed by atoms with van der Waals surface area (Å²) in [5, 5.41) is 11.1. The van der Waals surface area contributed by atoms with E-state index in [0.29, 0.717) is 11.2 Å².